The average molecular weight is 508 g/mol. The zero-order chi connectivity index (χ0) is 25.7. The van der Waals surface area contributed by atoms with Crippen molar-refractivity contribution < 1.29 is 18.0 Å². The van der Waals surface area contributed by atoms with Crippen LogP contribution in [-0.2, 0) is 26.2 Å². The molecule has 0 bridgehead atoms. The first-order chi connectivity index (χ1) is 15.7. The zero-order valence-corrected chi connectivity index (χ0v) is 22.2. The average Bonchev–Trinajstić information content (AvgIpc) is 2.71. The number of benzene rings is 2. The molecule has 1 N–H and O–H groups in total. The van der Waals surface area contributed by atoms with Gasteiger partial charge in [-0.1, -0.05) is 54.4 Å². The first kappa shape index (κ1) is 27.7. The van der Waals surface area contributed by atoms with Crippen LogP contribution in [0.3, 0.4) is 0 Å². The number of amides is 2. The van der Waals surface area contributed by atoms with E-state index in [0.29, 0.717) is 22.7 Å². The van der Waals surface area contributed by atoms with Crippen molar-refractivity contribution in [2.24, 2.45) is 0 Å². The van der Waals surface area contributed by atoms with E-state index in [9.17, 15) is 18.0 Å². The molecule has 2 amide bonds. The Hall–Kier alpha value is -2.58. The van der Waals surface area contributed by atoms with Crippen molar-refractivity contribution in [1.82, 2.24) is 10.2 Å². The van der Waals surface area contributed by atoms with Crippen LogP contribution >= 0.6 is 11.6 Å². The second kappa shape index (κ2) is 11.2. The van der Waals surface area contributed by atoms with Gasteiger partial charge in [-0.25, -0.2) is 8.42 Å². The van der Waals surface area contributed by atoms with Crippen LogP contribution in [0.2, 0.25) is 5.02 Å². The molecule has 0 aliphatic heterocycles. The molecule has 1 atom stereocenters. The highest BCUT2D eigenvalue weighted by Crippen LogP contribution is 2.23. The van der Waals surface area contributed by atoms with Gasteiger partial charge in [-0.2, -0.15) is 0 Å². The van der Waals surface area contributed by atoms with Crippen LogP contribution in [0.5, 0.6) is 0 Å². The van der Waals surface area contributed by atoms with Gasteiger partial charge in [0.15, 0.2) is 0 Å². The second-order valence-corrected chi connectivity index (χ2v) is 11.7. The molecule has 34 heavy (non-hydrogen) atoms. The van der Waals surface area contributed by atoms with Gasteiger partial charge in [0.25, 0.3) is 0 Å². The number of rotatable bonds is 9. The maximum absolute atomic E-state index is 13.6. The van der Waals surface area contributed by atoms with Gasteiger partial charge in [0.05, 0.1) is 11.9 Å². The van der Waals surface area contributed by atoms with Gasteiger partial charge in [-0.3, -0.25) is 13.9 Å². The number of carbonyl (C=O) groups is 2. The number of halogens is 1. The van der Waals surface area contributed by atoms with E-state index in [4.69, 9.17) is 11.6 Å². The molecule has 2 rings (SSSR count). The summed E-state index contributed by atoms with van der Waals surface area (Å²) in [7, 11) is -3.76. The third-order valence-electron chi connectivity index (χ3n) is 5.18. The SMILES string of the molecule is CCC(C(=O)NC(C)(C)C)N(Cc1ccccc1Cl)C(=O)CN(c1ccc(C)cc1)S(C)(=O)=O. The number of nitrogens with one attached hydrogen (secondary N) is 1. The van der Waals surface area contributed by atoms with Gasteiger partial charge in [-0.15, -0.1) is 0 Å². The summed E-state index contributed by atoms with van der Waals surface area (Å²) in [5, 5.41) is 3.39. The normalized spacial score (nSPS) is 12.7. The predicted molar refractivity (Wildman–Crippen MR) is 137 cm³/mol. The minimum absolute atomic E-state index is 0.0695. The van der Waals surface area contributed by atoms with Gasteiger partial charge in [-0.05, 0) is 57.9 Å². The highest BCUT2D eigenvalue weighted by molar-refractivity contribution is 7.92. The standard InChI is InChI=1S/C25H34ClN3O4S/c1-7-22(24(31)27-25(3,4)5)28(16-19-10-8-9-11-21(19)26)23(30)17-29(34(6,32)33)20-14-12-18(2)13-15-20/h8-15,22H,7,16-17H2,1-6H3,(H,27,31). The van der Waals surface area contributed by atoms with E-state index in [1.807, 2.05) is 34.6 Å². The lowest BCUT2D eigenvalue weighted by molar-refractivity contribution is -0.141. The largest absolute Gasteiger partial charge is 0.350 e. The van der Waals surface area contributed by atoms with E-state index in [1.54, 1.807) is 48.5 Å². The van der Waals surface area contributed by atoms with E-state index >= 15 is 0 Å². The summed E-state index contributed by atoms with van der Waals surface area (Å²) in [6.45, 7) is 8.92. The molecule has 2 aromatic carbocycles. The van der Waals surface area contributed by atoms with Crippen LogP contribution < -0.4 is 9.62 Å². The third-order valence-corrected chi connectivity index (χ3v) is 6.69. The van der Waals surface area contributed by atoms with E-state index in [0.717, 1.165) is 16.1 Å². The monoisotopic (exact) mass is 507 g/mol. The molecular formula is C25H34ClN3O4S. The van der Waals surface area contributed by atoms with Crippen molar-refractivity contribution in [2.75, 3.05) is 17.1 Å². The van der Waals surface area contributed by atoms with Crippen molar-refractivity contribution in [1.29, 1.82) is 0 Å². The highest BCUT2D eigenvalue weighted by atomic mass is 35.5. The van der Waals surface area contributed by atoms with Crippen LogP contribution in [0.1, 0.15) is 45.2 Å². The summed E-state index contributed by atoms with van der Waals surface area (Å²) < 4.78 is 26.3. The molecule has 0 saturated heterocycles. The summed E-state index contributed by atoms with van der Waals surface area (Å²) in [5.74, 6) is -0.807. The topological polar surface area (TPSA) is 86.8 Å². The number of hydrogen-bond acceptors (Lipinski definition) is 4. The molecule has 0 aromatic heterocycles. The Morgan fingerprint density at radius 1 is 1.06 bits per heavy atom. The minimum Gasteiger partial charge on any atom is -0.350 e. The maximum Gasteiger partial charge on any atom is 0.244 e. The Morgan fingerprint density at radius 2 is 1.65 bits per heavy atom. The molecular weight excluding hydrogens is 474 g/mol. The van der Waals surface area contributed by atoms with Gasteiger partial charge in [0, 0.05) is 17.1 Å². The molecule has 0 aliphatic carbocycles. The molecule has 0 radical (unpaired) electrons. The van der Waals surface area contributed by atoms with Crippen LogP contribution in [0.4, 0.5) is 5.69 Å². The fourth-order valence-electron chi connectivity index (χ4n) is 3.51. The second-order valence-electron chi connectivity index (χ2n) is 9.38. The molecule has 0 saturated carbocycles. The lowest BCUT2D eigenvalue weighted by Gasteiger charge is -2.34. The predicted octanol–water partition coefficient (Wildman–Crippen LogP) is 4.14. The fraction of sp³-hybridized carbons (Fsp3) is 0.440. The molecule has 0 heterocycles. The summed E-state index contributed by atoms with van der Waals surface area (Å²) in [4.78, 5) is 28.2. The van der Waals surface area contributed by atoms with Crippen molar-refractivity contribution in [3.05, 3.63) is 64.7 Å². The van der Waals surface area contributed by atoms with Crippen molar-refractivity contribution >= 4 is 39.1 Å². The summed E-state index contributed by atoms with van der Waals surface area (Å²) in [6, 6.07) is 13.2. The molecule has 2 aromatic rings. The molecule has 0 aliphatic rings. The molecule has 9 heteroatoms. The molecule has 7 nitrogen and oxygen atoms in total. The van der Waals surface area contributed by atoms with E-state index in [-0.39, 0.29) is 12.5 Å². The fourth-order valence-corrected chi connectivity index (χ4v) is 4.55. The zero-order valence-electron chi connectivity index (χ0n) is 20.6. The van der Waals surface area contributed by atoms with Crippen LogP contribution in [-0.4, -0.2) is 49.5 Å². The Labute approximate surface area is 208 Å². The number of aryl methyl sites for hydroxylation is 1. The number of sulfonamides is 1. The van der Waals surface area contributed by atoms with Crippen molar-refractivity contribution in [3.8, 4) is 0 Å². The van der Waals surface area contributed by atoms with E-state index in [1.165, 1.54) is 4.90 Å². The van der Waals surface area contributed by atoms with Crippen LogP contribution in [0, 0.1) is 6.92 Å². The first-order valence-electron chi connectivity index (χ1n) is 11.1. The van der Waals surface area contributed by atoms with Gasteiger partial charge in [0.2, 0.25) is 21.8 Å². The molecule has 1 unspecified atom stereocenters. The maximum atomic E-state index is 13.6. The molecule has 0 spiro atoms. The number of anilines is 1. The van der Waals surface area contributed by atoms with E-state index < -0.39 is 34.1 Å². The Balaban J connectivity index is 2.46. The number of nitrogens with zero attached hydrogens (tertiary/aromatic N) is 2. The number of carbonyl (C=O) groups excluding carboxylic acids is 2. The third kappa shape index (κ3) is 7.74. The Morgan fingerprint density at radius 3 is 2.15 bits per heavy atom. The minimum atomic E-state index is -3.76. The van der Waals surface area contributed by atoms with Crippen LogP contribution in [0.25, 0.3) is 0 Å². The number of hydrogen-bond donors (Lipinski definition) is 1. The van der Waals surface area contributed by atoms with Gasteiger partial charge >= 0.3 is 0 Å². The first-order valence-corrected chi connectivity index (χ1v) is 13.3. The summed E-state index contributed by atoms with van der Waals surface area (Å²) in [5.41, 5.74) is 1.52. The Kier molecular flexibility index (Phi) is 9.14. The quantitative estimate of drug-likeness (QED) is 0.552. The van der Waals surface area contributed by atoms with Crippen LogP contribution in [0.15, 0.2) is 48.5 Å². The highest BCUT2D eigenvalue weighted by Gasteiger charge is 2.33. The van der Waals surface area contributed by atoms with Gasteiger partial charge < -0.3 is 10.2 Å². The lowest BCUT2D eigenvalue weighted by atomic mass is 10.1. The van der Waals surface area contributed by atoms with Crippen molar-refractivity contribution in [3.63, 3.8) is 0 Å². The summed E-state index contributed by atoms with van der Waals surface area (Å²) >= 11 is 6.35. The summed E-state index contributed by atoms with van der Waals surface area (Å²) in [6.07, 6.45) is 1.41. The molecule has 186 valence electrons. The lowest BCUT2D eigenvalue weighted by Crippen LogP contribution is -2.55. The Bertz CT molecular complexity index is 1110. The smallest absolute Gasteiger partial charge is 0.244 e. The van der Waals surface area contributed by atoms with Crippen molar-refractivity contribution in [2.45, 2.75) is 59.2 Å². The van der Waals surface area contributed by atoms with E-state index in [2.05, 4.69) is 5.32 Å². The van der Waals surface area contributed by atoms with Gasteiger partial charge in [0.1, 0.15) is 12.6 Å². The molecule has 0 fully saturated rings.